The quantitative estimate of drug-likeness (QED) is 0.897. The summed E-state index contributed by atoms with van der Waals surface area (Å²) in [5.41, 5.74) is 3.32. The van der Waals surface area contributed by atoms with Crippen LogP contribution in [0, 0.1) is 6.92 Å². The highest BCUT2D eigenvalue weighted by Gasteiger charge is 2.11. The molecule has 0 bridgehead atoms. The van der Waals surface area contributed by atoms with Crippen molar-refractivity contribution in [1.82, 2.24) is 15.1 Å². The largest absolute Gasteiger partial charge is 0.494 e. The number of rotatable bonds is 5. The lowest BCUT2D eigenvalue weighted by Gasteiger charge is -2.11. The molecule has 4 heteroatoms. The minimum Gasteiger partial charge on any atom is -0.494 e. The van der Waals surface area contributed by atoms with E-state index in [-0.39, 0.29) is 0 Å². The first-order chi connectivity index (χ1) is 9.13. The topological polar surface area (TPSA) is 39.1 Å². The number of hydrogen-bond acceptors (Lipinski definition) is 3. The molecule has 0 amide bonds. The first kappa shape index (κ1) is 13.6. The van der Waals surface area contributed by atoms with Gasteiger partial charge in [0, 0.05) is 23.8 Å². The van der Waals surface area contributed by atoms with E-state index in [1.807, 2.05) is 35.1 Å². The Hall–Kier alpha value is -1.81. The predicted octanol–water partition coefficient (Wildman–Crippen LogP) is 2.69. The molecule has 0 unspecified atom stereocenters. The number of aromatic nitrogens is 2. The molecule has 0 radical (unpaired) electrons. The summed E-state index contributed by atoms with van der Waals surface area (Å²) in [7, 11) is 1.68. The molecule has 0 aliphatic heterocycles. The summed E-state index contributed by atoms with van der Waals surface area (Å²) >= 11 is 0. The van der Waals surface area contributed by atoms with E-state index < -0.39 is 0 Å². The van der Waals surface area contributed by atoms with Crippen LogP contribution in [0.4, 0.5) is 0 Å². The van der Waals surface area contributed by atoms with Crippen molar-refractivity contribution in [1.29, 1.82) is 0 Å². The molecule has 2 rings (SSSR count). The Morgan fingerprint density at radius 1 is 1.32 bits per heavy atom. The number of para-hydroxylation sites is 2. The second kappa shape index (κ2) is 5.89. The maximum absolute atomic E-state index is 5.39. The molecule has 19 heavy (non-hydrogen) atoms. The maximum atomic E-state index is 5.39. The summed E-state index contributed by atoms with van der Waals surface area (Å²) in [5, 5.41) is 7.88. The van der Waals surface area contributed by atoms with Crippen LogP contribution in [0.3, 0.4) is 0 Å². The van der Waals surface area contributed by atoms with Crippen LogP contribution < -0.4 is 10.1 Å². The highest BCUT2D eigenvalue weighted by Crippen LogP contribution is 2.23. The van der Waals surface area contributed by atoms with E-state index in [9.17, 15) is 0 Å². The van der Waals surface area contributed by atoms with Gasteiger partial charge in [0.15, 0.2) is 0 Å². The normalized spacial score (nSPS) is 11.0. The molecule has 102 valence electrons. The fourth-order valence-corrected chi connectivity index (χ4v) is 1.98. The van der Waals surface area contributed by atoms with E-state index in [1.165, 1.54) is 5.56 Å². The Bertz CT molecular complexity index is 546. The maximum Gasteiger partial charge on any atom is 0.144 e. The van der Waals surface area contributed by atoms with Crippen LogP contribution in [0.1, 0.15) is 25.1 Å². The first-order valence-electron chi connectivity index (χ1n) is 6.53. The highest BCUT2D eigenvalue weighted by atomic mass is 16.5. The van der Waals surface area contributed by atoms with Crippen molar-refractivity contribution in [2.75, 3.05) is 7.11 Å². The predicted molar refractivity (Wildman–Crippen MR) is 76.8 cm³/mol. The molecule has 0 fully saturated rings. The third-order valence-electron chi connectivity index (χ3n) is 3.13. The average Bonchev–Trinajstić information content (AvgIpc) is 2.77. The number of methoxy groups -OCH3 is 1. The van der Waals surface area contributed by atoms with E-state index >= 15 is 0 Å². The van der Waals surface area contributed by atoms with Gasteiger partial charge < -0.3 is 10.1 Å². The van der Waals surface area contributed by atoms with Gasteiger partial charge in [0.1, 0.15) is 11.4 Å². The Morgan fingerprint density at radius 3 is 2.74 bits per heavy atom. The Morgan fingerprint density at radius 2 is 2.05 bits per heavy atom. The van der Waals surface area contributed by atoms with Crippen LogP contribution in [-0.4, -0.2) is 22.9 Å². The fourth-order valence-electron chi connectivity index (χ4n) is 1.98. The number of ether oxygens (including phenoxy) is 1. The lowest BCUT2D eigenvalue weighted by molar-refractivity contribution is 0.411. The summed E-state index contributed by atoms with van der Waals surface area (Å²) in [5.74, 6) is 0.831. The van der Waals surface area contributed by atoms with E-state index in [1.54, 1.807) is 7.11 Å². The first-order valence-corrected chi connectivity index (χ1v) is 6.53. The monoisotopic (exact) mass is 259 g/mol. The minimum absolute atomic E-state index is 0.467. The van der Waals surface area contributed by atoms with Gasteiger partial charge in [-0.3, -0.25) is 0 Å². The van der Waals surface area contributed by atoms with E-state index in [4.69, 9.17) is 4.74 Å². The summed E-state index contributed by atoms with van der Waals surface area (Å²) in [4.78, 5) is 0. The molecule has 2 aromatic rings. The molecule has 0 aliphatic carbocycles. The minimum atomic E-state index is 0.467. The summed E-state index contributed by atoms with van der Waals surface area (Å²) in [6, 6.07) is 8.38. The molecule has 1 heterocycles. The van der Waals surface area contributed by atoms with Crippen LogP contribution >= 0.6 is 0 Å². The van der Waals surface area contributed by atoms with Gasteiger partial charge in [0.25, 0.3) is 0 Å². The van der Waals surface area contributed by atoms with Crippen molar-refractivity contribution in [3.63, 3.8) is 0 Å². The van der Waals surface area contributed by atoms with Gasteiger partial charge in [-0.05, 0) is 19.1 Å². The Labute approximate surface area is 114 Å². The number of benzene rings is 1. The zero-order chi connectivity index (χ0) is 13.8. The van der Waals surface area contributed by atoms with Gasteiger partial charge in [-0.1, -0.05) is 26.0 Å². The zero-order valence-corrected chi connectivity index (χ0v) is 12.0. The summed E-state index contributed by atoms with van der Waals surface area (Å²) in [6.45, 7) is 7.19. The molecule has 0 aliphatic rings. The van der Waals surface area contributed by atoms with Crippen molar-refractivity contribution in [3.8, 4) is 11.4 Å². The second-order valence-corrected chi connectivity index (χ2v) is 4.87. The van der Waals surface area contributed by atoms with E-state index in [0.717, 1.165) is 23.7 Å². The molecule has 1 N–H and O–H groups in total. The van der Waals surface area contributed by atoms with Gasteiger partial charge >= 0.3 is 0 Å². The molecule has 0 saturated heterocycles. The molecule has 0 saturated carbocycles. The fraction of sp³-hybridized carbons (Fsp3) is 0.400. The van der Waals surface area contributed by atoms with Crippen molar-refractivity contribution in [2.45, 2.75) is 33.4 Å². The van der Waals surface area contributed by atoms with Crippen molar-refractivity contribution >= 4 is 0 Å². The van der Waals surface area contributed by atoms with E-state index in [2.05, 4.69) is 31.2 Å². The standard InChI is InChI=1S/C15H21N3O/c1-11(2)16-9-13-10-17-18(12(13)3)14-7-5-6-8-15(14)19-4/h5-8,10-11,16H,9H2,1-4H3. The Kier molecular flexibility index (Phi) is 4.22. The summed E-state index contributed by atoms with van der Waals surface area (Å²) in [6.07, 6.45) is 1.91. The molecular weight excluding hydrogens is 238 g/mol. The molecule has 1 aromatic carbocycles. The smallest absolute Gasteiger partial charge is 0.144 e. The van der Waals surface area contributed by atoms with Crippen LogP contribution in [0.25, 0.3) is 5.69 Å². The SMILES string of the molecule is COc1ccccc1-n1ncc(CNC(C)C)c1C. The van der Waals surface area contributed by atoms with E-state index in [0.29, 0.717) is 6.04 Å². The van der Waals surface area contributed by atoms with Gasteiger partial charge in [-0.25, -0.2) is 4.68 Å². The van der Waals surface area contributed by atoms with Crippen LogP contribution in [0.5, 0.6) is 5.75 Å². The Balaban J connectivity index is 2.31. The second-order valence-electron chi connectivity index (χ2n) is 4.87. The number of hydrogen-bond donors (Lipinski definition) is 1. The zero-order valence-electron chi connectivity index (χ0n) is 12.0. The molecule has 0 spiro atoms. The van der Waals surface area contributed by atoms with Crippen LogP contribution in [-0.2, 0) is 6.54 Å². The van der Waals surface area contributed by atoms with Crippen molar-refractivity contribution < 1.29 is 4.74 Å². The lowest BCUT2D eigenvalue weighted by Crippen LogP contribution is -2.22. The molecule has 1 aromatic heterocycles. The highest BCUT2D eigenvalue weighted by molar-refractivity contribution is 5.47. The van der Waals surface area contributed by atoms with Gasteiger partial charge in [0.2, 0.25) is 0 Å². The molecular formula is C15H21N3O. The molecule has 0 atom stereocenters. The van der Waals surface area contributed by atoms with Crippen molar-refractivity contribution in [2.24, 2.45) is 0 Å². The van der Waals surface area contributed by atoms with Gasteiger partial charge in [0.05, 0.1) is 13.3 Å². The summed E-state index contributed by atoms with van der Waals surface area (Å²) < 4.78 is 7.31. The number of nitrogens with zero attached hydrogens (tertiary/aromatic N) is 2. The van der Waals surface area contributed by atoms with Crippen LogP contribution in [0.2, 0.25) is 0 Å². The number of nitrogens with one attached hydrogen (secondary N) is 1. The van der Waals surface area contributed by atoms with Gasteiger partial charge in [-0.2, -0.15) is 5.10 Å². The lowest BCUT2D eigenvalue weighted by atomic mass is 10.2. The van der Waals surface area contributed by atoms with Crippen molar-refractivity contribution in [3.05, 3.63) is 41.7 Å². The van der Waals surface area contributed by atoms with Gasteiger partial charge in [-0.15, -0.1) is 0 Å². The molecule has 4 nitrogen and oxygen atoms in total. The third kappa shape index (κ3) is 2.96. The average molecular weight is 259 g/mol. The third-order valence-corrected chi connectivity index (χ3v) is 3.13. The van der Waals surface area contributed by atoms with Crippen LogP contribution in [0.15, 0.2) is 30.5 Å².